The summed E-state index contributed by atoms with van der Waals surface area (Å²) in [6.45, 7) is 1.98. The van der Waals surface area contributed by atoms with Gasteiger partial charge >= 0.3 is 0 Å². The maximum atomic E-state index is 12.5. The molecule has 0 unspecified atom stereocenters. The fraction of sp³-hybridized carbons (Fsp3) is 0.208. The first-order valence-electron chi connectivity index (χ1n) is 11.4. The van der Waals surface area contributed by atoms with E-state index in [1.165, 1.54) is 18.6 Å². The van der Waals surface area contributed by atoms with Crippen LogP contribution < -0.4 is 10.6 Å². The molecule has 4 aromatic rings. The first-order chi connectivity index (χ1) is 16.2. The van der Waals surface area contributed by atoms with Crippen LogP contribution >= 0.6 is 13.5 Å². The predicted molar refractivity (Wildman–Crippen MR) is 132 cm³/mol. The van der Waals surface area contributed by atoms with E-state index < -0.39 is 12.9 Å². The van der Waals surface area contributed by atoms with Crippen LogP contribution in [0.1, 0.15) is 38.6 Å². The molecule has 0 radical (unpaired) electrons. The van der Waals surface area contributed by atoms with Gasteiger partial charge in [-0.05, 0) is 30.7 Å². The monoisotopic (exact) mass is 449 g/mol. The van der Waals surface area contributed by atoms with Crippen molar-refractivity contribution in [2.75, 3.05) is 18.8 Å². The van der Waals surface area contributed by atoms with Crippen LogP contribution in [0.5, 0.6) is 0 Å². The predicted octanol–water partition coefficient (Wildman–Crippen LogP) is 4.08. The lowest BCUT2D eigenvalue weighted by molar-refractivity contribution is 0.0964. The van der Waals surface area contributed by atoms with Gasteiger partial charge in [-0.25, -0.2) is 9.97 Å². The summed E-state index contributed by atoms with van der Waals surface area (Å²) in [6, 6.07) is 12.9. The Balaban J connectivity index is 0.00000342. The van der Waals surface area contributed by atoms with E-state index in [2.05, 4.69) is 25.3 Å². The van der Waals surface area contributed by atoms with E-state index in [0.29, 0.717) is 23.3 Å². The zero-order chi connectivity index (χ0) is 24.3. The van der Waals surface area contributed by atoms with Gasteiger partial charge in [-0.3, -0.25) is 14.8 Å². The summed E-state index contributed by atoms with van der Waals surface area (Å²) in [5.74, 6) is 0.0504. The van der Waals surface area contributed by atoms with E-state index in [4.69, 9.17) is 4.11 Å². The Labute approximate surface area is 198 Å². The number of nitrogens with one attached hydrogen (secondary N) is 2. The second-order valence-electron chi connectivity index (χ2n) is 7.31. The lowest BCUT2D eigenvalue weighted by Gasteiger charge is -2.16. The highest BCUT2D eigenvalue weighted by molar-refractivity contribution is 7.59. The number of benzene rings is 1. The third-order valence-corrected chi connectivity index (χ3v) is 5.15. The van der Waals surface area contributed by atoms with Crippen LogP contribution in [0, 0.1) is 6.92 Å². The van der Waals surface area contributed by atoms with Crippen molar-refractivity contribution in [3.05, 3.63) is 78.0 Å². The molecule has 0 aliphatic carbocycles. The van der Waals surface area contributed by atoms with Crippen molar-refractivity contribution in [3.8, 4) is 11.3 Å². The van der Waals surface area contributed by atoms with Crippen LogP contribution in [0.3, 0.4) is 0 Å². The van der Waals surface area contributed by atoms with E-state index in [0.717, 1.165) is 22.5 Å². The normalized spacial score (nSPS) is 13.2. The molecule has 8 heteroatoms. The molecule has 3 aromatic heterocycles. The molecule has 0 aliphatic rings. The first kappa shape index (κ1) is 19.2. The molecular formula is C24H26N6OS. The van der Waals surface area contributed by atoms with Crippen LogP contribution in [0.2, 0.25) is 0 Å². The Bertz CT molecular complexity index is 1330. The first-order valence-corrected chi connectivity index (χ1v) is 9.90. The number of carbonyl (C=O) groups excluding carboxylic acids is 1. The fourth-order valence-corrected chi connectivity index (χ4v) is 3.46. The van der Waals surface area contributed by atoms with Crippen LogP contribution in [-0.4, -0.2) is 39.4 Å². The van der Waals surface area contributed by atoms with Crippen molar-refractivity contribution in [1.82, 2.24) is 25.3 Å². The highest BCUT2D eigenvalue weighted by Crippen LogP contribution is 2.27. The summed E-state index contributed by atoms with van der Waals surface area (Å²) < 4.78 is 21.9. The van der Waals surface area contributed by atoms with Crippen molar-refractivity contribution >= 4 is 36.1 Å². The highest BCUT2D eigenvalue weighted by Gasteiger charge is 2.15. The van der Waals surface area contributed by atoms with E-state index in [1.807, 2.05) is 49.5 Å². The largest absolute Gasteiger partial charge is 0.369 e. The number of anilines is 1. The minimum atomic E-state index is -2.56. The number of aryl methyl sites for hydroxylation is 1. The fourth-order valence-electron chi connectivity index (χ4n) is 3.46. The standard InChI is InChI=1S/C24H24N6O.H2S/c1-15(18-5-4-6-19-20(24(31)25-3)9-10-26-23(18)19)12-28-22-11-21(29-14-30-22)17-8-7-16(2)27-13-17;/h4-11,13-15H,12H2,1-3H3,(H,25,31)(H,28,29,30);1H2/t15-;/m1./s1/i3D3;. The number of amides is 1. The van der Waals surface area contributed by atoms with Gasteiger partial charge in [0.25, 0.3) is 5.91 Å². The van der Waals surface area contributed by atoms with E-state index in [-0.39, 0.29) is 25.0 Å². The number of para-hydroxylation sites is 1. The zero-order valence-electron chi connectivity index (χ0n) is 20.8. The van der Waals surface area contributed by atoms with Crippen LogP contribution in [-0.2, 0) is 0 Å². The minimum Gasteiger partial charge on any atom is -0.369 e. The summed E-state index contributed by atoms with van der Waals surface area (Å²) in [4.78, 5) is 30.0. The van der Waals surface area contributed by atoms with Crippen LogP contribution in [0.15, 0.2) is 61.2 Å². The molecule has 3 heterocycles. The van der Waals surface area contributed by atoms with Crippen molar-refractivity contribution in [3.63, 3.8) is 0 Å². The number of carbonyl (C=O) groups is 1. The maximum Gasteiger partial charge on any atom is 0.251 e. The van der Waals surface area contributed by atoms with E-state index in [1.54, 1.807) is 12.3 Å². The Hall–Kier alpha value is -3.52. The van der Waals surface area contributed by atoms with Gasteiger partial charge in [0.1, 0.15) is 12.1 Å². The van der Waals surface area contributed by atoms with Crippen LogP contribution in [0.4, 0.5) is 5.82 Å². The third kappa shape index (κ3) is 4.86. The smallest absolute Gasteiger partial charge is 0.251 e. The van der Waals surface area contributed by atoms with Crippen molar-refractivity contribution in [2.45, 2.75) is 19.8 Å². The van der Waals surface area contributed by atoms with Gasteiger partial charge in [-0.2, -0.15) is 13.5 Å². The third-order valence-electron chi connectivity index (χ3n) is 5.15. The SMILES string of the molecule is S.[2H]C([2H])([2H])NC(=O)c1ccnc2c([C@H](C)CNc3cc(-c4ccc(C)nc4)ncn3)cccc12. The minimum absolute atomic E-state index is 0. The summed E-state index contributed by atoms with van der Waals surface area (Å²) in [5, 5.41) is 5.99. The average Bonchev–Trinajstić information content (AvgIpc) is 2.81. The molecule has 7 nitrogen and oxygen atoms in total. The number of nitrogens with zero attached hydrogens (tertiary/aromatic N) is 4. The number of rotatable bonds is 6. The van der Waals surface area contributed by atoms with Crippen molar-refractivity contribution < 1.29 is 8.91 Å². The lowest BCUT2D eigenvalue weighted by Crippen LogP contribution is -2.18. The summed E-state index contributed by atoms with van der Waals surface area (Å²) in [5.41, 5.74) is 4.48. The highest BCUT2D eigenvalue weighted by atomic mass is 32.1. The average molecular weight is 450 g/mol. The summed E-state index contributed by atoms with van der Waals surface area (Å²) in [7, 11) is 0. The molecule has 32 heavy (non-hydrogen) atoms. The molecule has 0 saturated heterocycles. The molecule has 1 aromatic carbocycles. The van der Waals surface area contributed by atoms with Gasteiger partial charge in [0.05, 0.1) is 16.8 Å². The molecule has 164 valence electrons. The summed E-state index contributed by atoms with van der Waals surface area (Å²) in [6.07, 6.45) is 4.82. The van der Waals surface area contributed by atoms with Crippen molar-refractivity contribution in [2.24, 2.45) is 0 Å². The van der Waals surface area contributed by atoms with Crippen LogP contribution in [0.25, 0.3) is 22.2 Å². The van der Waals surface area contributed by atoms with Gasteiger partial charge < -0.3 is 10.6 Å². The molecule has 0 saturated carbocycles. The molecule has 0 aliphatic heterocycles. The maximum absolute atomic E-state index is 12.5. The quantitative estimate of drug-likeness (QED) is 0.461. The molecule has 2 N–H and O–H groups in total. The van der Waals surface area contributed by atoms with Gasteiger partial charge in [0.2, 0.25) is 0 Å². The van der Waals surface area contributed by atoms with Gasteiger partial charge in [0, 0.05) is 58.7 Å². The Morgan fingerprint density at radius 2 is 2.00 bits per heavy atom. The zero-order valence-corrected chi connectivity index (χ0v) is 18.8. The topological polar surface area (TPSA) is 92.7 Å². The molecule has 1 amide bonds. The lowest BCUT2D eigenvalue weighted by atomic mass is 9.96. The molecule has 0 spiro atoms. The number of hydrogen-bond acceptors (Lipinski definition) is 6. The molecule has 1 atom stereocenters. The Morgan fingerprint density at radius 3 is 2.78 bits per heavy atom. The van der Waals surface area contributed by atoms with Crippen molar-refractivity contribution in [1.29, 1.82) is 0 Å². The van der Waals surface area contributed by atoms with E-state index >= 15 is 0 Å². The second kappa shape index (κ2) is 10.2. The number of fused-ring (bicyclic) bond motifs is 1. The molecule has 4 rings (SSSR count). The number of pyridine rings is 2. The molecular weight excluding hydrogens is 420 g/mol. The number of aromatic nitrogens is 4. The summed E-state index contributed by atoms with van der Waals surface area (Å²) >= 11 is 0. The number of hydrogen-bond donors (Lipinski definition) is 2. The Kier molecular flexibility index (Phi) is 6.11. The Morgan fingerprint density at radius 1 is 1.12 bits per heavy atom. The van der Waals surface area contributed by atoms with Gasteiger partial charge in [-0.1, -0.05) is 25.1 Å². The second-order valence-corrected chi connectivity index (χ2v) is 7.31. The molecule has 0 fully saturated rings. The van der Waals surface area contributed by atoms with Gasteiger partial charge in [-0.15, -0.1) is 0 Å². The van der Waals surface area contributed by atoms with Gasteiger partial charge in [0.15, 0.2) is 0 Å². The molecule has 0 bridgehead atoms. The van der Waals surface area contributed by atoms with E-state index in [9.17, 15) is 4.79 Å².